The summed E-state index contributed by atoms with van der Waals surface area (Å²) in [5.74, 6) is 0.608. The van der Waals surface area contributed by atoms with Gasteiger partial charge in [-0.25, -0.2) is 5.48 Å². The van der Waals surface area contributed by atoms with Gasteiger partial charge in [-0.2, -0.15) is 0 Å². The van der Waals surface area contributed by atoms with Gasteiger partial charge in [-0.1, -0.05) is 33.1 Å². The van der Waals surface area contributed by atoms with Crippen LogP contribution in [0.5, 0.6) is 0 Å². The lowest BCUT2D eigenvalue weighted by Crippen LogP contribution is -2.16. The van der Waals surface area contributed by atoms with E-state index in [-0.39, 0.29) is 12.4 Å². The van der Waals surface area contributed by atoms with Crippen LogP contribution in [0.1, 0.15) is 39.5 Å². The van der Waals surface area contributed by atoms with E-state index in [0.717, 1.165) is 6.54 Å². The van der Waals surface area contributed by atoms with Crippen LogP contribution < -0.4 is 5.48 Å². The van der Waals surface area contributed by atoms with Crippen molar-refractivity contribution in [3.8, 4) is 0 Å². The Balaban J connectivity index is 0. The fourth-order valence-corrected chi connectivity index (χ4v) is 1.00. The van der Waals surface area contributed by atoms with Gasteiger partial charge in [0.1, 0.15) is 0 Å². The average molecular weight is 182 g/mol. The zero-order valence-corrected chi connectivity index (χ0v) is 8.28. The molecule has 3 heteroatoms. The second-order valence-corrected chi connectivity index (χ2v) is 2.96. The van der Waals surface area contributed by atoms with Crippen molar-refractivity contribution < 1.29 is 5.21 Å². The third-order valence-electron chi connectivity index (χ3n) is 1.74. The molecule has 0 aliphatic carbocycles. The van der Waals surface area contributed by atoms with E-state index in [1.807, 2.05) is 0 Å². The molecule has 0 aromatic rings. The van der Waals surface area contributed by atoms with E-state index in [4.69, 9.17) is 5.21 Å². The van der Waals surface area contributed by atoms with Crippen LogP contribution in [-0.4, -0.2) is 11.8 Å². The molecule has 1 atom stereocenters. The monoisotopic (exact) mass is 181 g/mol. The summed E-state index contributed by atoms with van der Waals surface area (Å²) in [5, 5.41) is 8.34. The van der Waals surface area contributed by atoms with Crippen LogP contribution in [0.4, 0.5) is 0 Å². The normalized spacial score (nSPS) is 12.3. The summed E-state index contributed by atoms with van der Waals surface area (Å²) in [5.41, 5.74) is 2.19. The van der Waals surface area contributed by atoms with Crippen molar-refractivity contribution in [2.24, 2.45) is 5.92 Å². The molecule has 0 aromatic carbocycles. The van der Waals surface area contributed by atoms with Crippen molar-refractivity contribution in [3.63, 3.8) is 0 Å². The van der Waals surface area contributed by atoms with Gasteiger partial charge in [0.25, 0.3) is 0 Å². The second-order valence-electron chi connectivity index (χ2n) is 2.96. The SMILES string of the molecule is CCCCCC(C)CNO.Cl. The predicted molar refractivity (Wildman–Crippen MR) is 50.3 cm³/mol. The zero-order chi connectivity index (χ0) is 7.82. The Hall–Kier alpha value is 0.210. The first-order valence-electron chi connectivity index (χ1n) is 4.18. The van der Waals surface area contributed by atoms with Gasteiger partial charge in [-0.15, -0.1) is 12.4 Å². The molecule has 0 fully saturated rings. The number of hydrogen-bond acceptors (Lipinski definition) is 2. The first-order valence-corrected chi connectivity index (χ1v) is 4.18. The first-order chi connectivity index (χ1) is 4.81. The molecule has 0 saturated carbocycles. The predicted octanol–water partition coefficient (Wildman–Crippen LogP) is 2.60. The van der Waals surface area contributed by atoms with E-state index in [0.29, 0.717) is 5.92 Å². The van der Waals surface area contributed by atoms with E-state index in [2.05, 4.69) is 19.3 Å². The lowest BCUT2D eigenvalue weighted by molar-refractivity contribution is 0.149. The Labute approximate surface area is 75.7 Å². The highest BCUT2D eigenvalue weighted by atomic mass is 35.5. The summed E-state index contributed by atoms with van der Waals surface area (Å²) in [6, 6.07) is 0. The van der Waals surface area contributed by atoms with Crippen molar-refractivity contribution in [1.82, 2.24) is 5.48 Å². The van der Waals surface area contributed by atoms with Crippen LogP contribution in [0.25, 0.3) is 0 Å². The molecule has 0 rings (SSSR count). The molecule has 70 valence electrons. The Morgan fingerprint density at radius 1 is 1.36 bits per heavy atom. The van der Waals surface area contributed by atoms with Crippen molar-refractivity contribution in [2.45, 2.75) is 39.5 Å². The molecule has 2 N–H and O–H groups in total. The van der Waals surface area contributed by atoms with Crippen LogP contribution in [0.2, 0.25) is 0 Å². The average Bonchev–Trinajstić information content (AvgIpc) is 1.89. The van der Waals surface area contributed by atoms with Crippen molar-refractivity contribution >= 4 is 12.4 Å². The molecule has 0 bridgehead atoms. The van der Waals surface area contributed by atoms with Gasteiger partial charge in [0.2, 0.25) is 0 Å². The highest BCUT2D eigenvalue weighted by Crippen LogP contribution is 2.07. The zero-order valence-electron chi connectivity index (χ0n) is 7.47. The third kappa shape index (κ3) is 10.2. The molecule has 0 radical (unpaired) electrons. The largest absolute Gasteiger partial charge is 0.317 e. The Morgan fingerprint density at radius 3 is 2.45 bits per heavy atom. The van der Waals surface area contributed by atoms with E-state index in [1.54, 1.807) is 0 Å². The quantitative estimate of drug-likeness (QED) is 0.488. The smallest absolute Gasteiger partial charge is 0.0233 e. The minimum absolute atomic E-state index is 0. The highest BCUT2D eigenvalue weighted by Gasteiger charge is 1.98. The number of hydrogen-bond donors (Lipinski definition) is 2. The van der Waals surface area contributed by atoms with Crippen LogP contribution in [0, 0.1) is 5.92 Å². The number of unbranched alkanes of at least 4 members (excludes halogenated alkanes) is 2. The molecule has 0 spiro atoms. The lowest BCUT2D eigenvalue weighted by Gasteiger charge is -2.07. The minimum atomic E-state index is 0. The summed E-state index contributed by atoms with van der Waals surface area (Å²) < 4.78 is 0. The van der Waals surface area contributed by atoms with E-state index in [1.165, 1.54) is 25.7 Å². The molecule has 1 unspecified atom stereocenters. The fourth-order valence-electron chi connectivity index (χ4n) is 1.00. The van der Waals surface area contributed by atoms with Gasteiger partial charge in [-0.3, -0.25) is 0 Å². The Kier molecular flexibility index (Phi) is 12.8. The number of nitrogens with one attached hydrogen (secondary N) is 1. The molecule has 0 aliphatic heterocycles. The Bertz CT molecular complexity index is 71.1. The van der Waals surface area contributed by atoms with Crippen molar-refractivity contribution in [3.05, 3.63) is 0 Å². The Morgan fingerprint density at radius 2 is 2.00 bits per heavy atom. The maximum Gasteiger partial charge on any atom is 0.0233 e. The van der Waals surface area contributed by atoms with Crippen LogP contribution >= 0.6 is 12.4 Å². The second kappa shape index (κ2) is 10.2. The summed E-state index contributed by atoms with van der Waals surface area (Å²) >= 11 is 0. The minimum Gasteiger partial charge on any atom is -0.317 e. The topological polar surface area (TPSA) is 32.3 Å². The summed E-state index contributed by atoms with van der Waals surface area (Å²) in [4.78, 5) is 0. The summed E-state index contributed by atoms with van der Waals surface area (Å²) in [7, 11) is 0. The molecule has 0 saturated heterocycles. The third-order valence-corrected chi connectivity index (χ3v) is 1.74. The first kappa shape index (κ1) is 13.8. The molecule has 11 heavy (non-hydrogen) atoms. The molecular weight excluding hydrogens is 162 g/mol. The molecule has 0 aliphatic rings. The maximum absolute atomic E-state index is 8.34. The summed E-state index contributed by atoms with van der Waals surface area (Å²) in [6.45, 7) is 5.08. The number of hydroxylamine groups is 1. The van der Waals surface area contributed by atoms with Gasteiger partial charge in [0.15, 0.2) is 0 Å². The van der Waals surface area contributed by atoms with Gasteiger partial charge < -0.3 is 5.21 Å². The molecule has 0 heterocycles. The summed E-state index contributed by atoms with van der Waals surface area (Å²) in [6.07, 6.45) is 5.11. The fraction of sp³-hybridized carbons (Fsp3) is 1.00. The van der Waals surface area contributed by atoms with Crippen LogP contribution in [0.3, 0.4) is 0 Å². The van der Waals surface area contributed by atoms with Gasteiger partial charge in [-0.05, 0) is 12.3 Å². The lowest BCUT2D eigenvalue weighted by atomic mass is 10.0. The maximum atomic E-state index is 8.34. The van der Waals surface area contributed by atoms with Crippen molar-refractivity contribution in [1.29, 1.82) is 0 Å². The standard InChI is InChI=1S/C8H19NO.ClH/c1-3-4-5-6-8(2)7-9-10;/h8-10H,3-7H2,1-2H3;1H. The van der Waals surface area contributed by atoms with Gasteiger partial charge in [0, 0.05) is 6.54 Å². The van der Waals surface area contributed by atoms with E-state index in [9.17, 15) is 0 Å². The van der Waals surface area contributed by atoms with E-state index >= 15 is 0 Å². The molecule has 0 amide bonds. The molecule has 2 nitrogen and oxygen atoms in total. The van der Waals surface area contributed by atoms with E-state index < -0.39 is 0 Å². The molecular formula is C8H20ClNO. The highest BCUT2D eigenvalue weighted by molar-refractivity contribution is 5.85. The van der Waals surface area contributed by atoms with Gasteiger partial charge >= 0.3 is 0 Å². The van der Waals surface area contributed by atoms with Crippen molar-refractivity contribution in [2.75, 3.05) is 6.54 Å². The number of halogens is 1. The van der Waals surface area contributed by atoms with Crippen LogP contribution in [-0.2, 0) is 0 Å². The number of rotatable bonds is 6. The molecule has 0 aromatic heterocycles. The van der Waals surface area contributed by atoms with Gasteiger partial charge in [0.05, 0.1) is 0 Å². The van der Waals surface area contributed by atoms with Crippen LogP contribution in [0.15, 0.2) is 0 Å².